The molecule has 0 aromatic heterocycles. The van der Waals surface area contributed by atoms with Crippen LogP contribution in [0.5, 0.6) is 5.75 Å². The number of piperidine rings is 1. The Labute approximate surface area is 221 Å². The maximum absolute atomic E-state index is 14.5. The Kier molecular flexibility index (Phi) is 8.40. The van der Waals surface area contributed by atoms with Gasteiger partial charge in [0.25, 0.3) is 5.60 Å². The lowest BCUT2D eigenvalue weighted by molar-refractivity contribution is -0.280. The van der Waals surface area contributed by atoms with Crippen molar-refractivity contribution in [1.29, 1.82) is 0 Å². The van der Waals surface area contributed by atoms with Crippen LogP contribution in [0.4, 0.5) is 13.2 Å². The fourth-order valence-corrected chi connectivity index (χ4v) is 6.05. The lowest BCUT2D eigenvalue weighted by Gasteiger charge is -2.48. The largest absolute Gasteiger partial charge is 0.496 e. The highest BCUT2D eigenvalue weighted by Gasteiger charge is 2.64. The summed E-state index contributed by atoms with van der Waals surface area (Å²) in [7, 11) is 2.44. The molecule has 38 heavy (non-hydrogen) atoms. The number of hydrogen-bond acceptors (Lipinski definition) is 6. The molecule has 1 N–H and O–H groups in total. The first-order valence-electron chi connectivity index (χ1n) is 13.0. The fraction of sp³-hybridized carbons (Fsp3) is 0.552. The normalized spacial score (nSPS) is 23.3. The molecule has 4 atom stereocenters. The molecule has 6 nitrogen and oxygen atoms in total. The summed E-state index contributed by atoms with van der Waals surface area (Å²) < 4.78 is 59.8. The lowest BCUT2D eigenvalue weighted by atomic mass is 9.78. The molecule has 0 saturated carbocycles. The predicted octanol–water partition coefficient (Wildman–Crippen LogP) is 5.17. The van der Waals surface area contributed by atoms with Crippen molar-refractivity contribution in [3.05, 3.63) is 64.7 Å². The van der Waals surface area contributed by atoms with Gasteiger partial charge >= 0.3 is 12.1 Å². The van der Waals surface area contributed by atoms with E-state index in [9.17, 15) is 23.1 Å². The smallest absolute Gasteiger partial charge is 0.432 e. The van der Waals surface area contributed by atoms with E-state index >= 15 is 0 Å². The summed E-state index contributed by atoms with van der Waals surface area (Å²) in [6.45, 7) is 5.28. The molecule has 0 radical (unpaired) electrons. The lowest BCUT2D eigenvalue weighted by Crippen LogP contribution is -2.55. The molecule has 0 aliphatic carbocycles. The highest BCUT2D eigenvalue weighted by molar-refractivity contribution is 5.83. The molecule has 2 aromatic rings. The van der Waals surface area contributed by atoms with Crippen LogP contribution in [0.25, 0.3) is 0 Å². The summed E-state index contributed by atoms with van der Waals surface area (Å²) in [6, 6.07) is 10.6. The van der Waals surface area contributed by atoms with E-state index in [1.54, 1.807) is 13.2 Å². The number of carbonyl (C=O) groups excluding carboxylic acids is 1. The number of halogens is 3. The van der Waals surface area contributed by atoms with Gasteiger partial charge in [0.1, 0.15) is 11.9 Å². The van der Waals surface area contributed by atoms with Gasteiger partial charge in [-0.2, -0.15) is 13.2 Å². The summed E-state index contributed by atoms with van der Waals surface area (Å²) in [4.78, 5) is 15.8. The average Bonchev–Trinajstić information content (AvgIpc) is 2.88. The van der Waals surface area contributed by atoms with E-state index in [4.69, 9.17) is 14.2 Å². The van der Waals surface area contributed by atoms with Crippen LogP contribution in [0.2, 0.25) is 0 Å². The SMILES string of the molecule is COc1cc2c(cc1CO)[C@@H]1C[C@H](OC(=O)[C@@](OC)(c3ccccc3)C(F)(F)F)[C@H](CC(C)C)CN1CC2. The summed E-state index contributed by atoms with van der Waals surface area (Å²) in [6.07, 6.45) is -3.92. The van der Waals surface area contributed by atoms with Crippen LogP contribution < -0.4 is 4.74 Å². The number of aliphatic hydroxyl groups is 1. The van der Waals surface area contributed by atoms with Gasteiger partial charge in [0.15, 0.2) is 0 Å². The summed E-state index contributed by atoms with van der Waals surface area (Å²) in [5.74, 6) is -0.711. The molecule has 0 bridgehead atoms. The first-order chi connectivity index (χ1) is 18.0. The third-order valence-corrected chi connectivity index (χ3v) is 7.84. The third kappa shape index (κ3) is 5.16. The minimum atomic E-state index is -5.03. The van der Waals surface area contributed by atoms with Crippen LogP contribution in [0, 0.1) is 11.8 Å². The van der Waals surface area contributed by atoms with E-state index in [-0.39, 0.29) is 30.0 Å². The minimum Gasteiger partial charge on any atom is -0.496 e. The van der Waals surface area contributed by atoms with E-state index in [0.29, 0.717) is 30.7 Å². The Morgan fingerprint density at radius 2 is 1.87 bits per heavy atom. The predicted molar refractivity (Wildman–Crippen MR) is 136 cm³/mol. The van der Waals surface area contributed by atoms with Crippen LogP contribution in [0.15, 0.2) is 42.5 Å². The molecule has 2 aliphatic rings. The van der Waals surface area contributed by atoms with Crippen molar-refractivity contribution in [3.8, 4) is 5.75 Å². The van der Waals surface area contributed by atoms with Crippen LogP contribution in [0.1, 0.15) is 55.0 Å². The molecular weight excluding hydrogens is 499 g/mol. The maximum Gasteiger partial charge on any atom is 0.432 e. The Bertz CT molecular complexity index is 1120. The number of nitrogens with zero attached hydrogens (tertiary/aromatic N) is 1. The number of ether oxygens (including phenoxy) is 3. The standard InChI is InChI=1S/C29H36F3NO5/c1-18(2)12-20-16-33-11-10-19-14-25(36-3)21(17-34)13-23(19)24(33)15-26(20)38-27(35)28(37-4,29(30,31)32)22-8-6-5-7-9-22/h5-9,13-14,18,20,24,26,34H,10-12,15-17H2,1-4H3/t20-,24+,26+,28+/m1/s1. The highest BCUT2D eigenvalue weighted by Crippen LogP contribution is 2.46. The number of benzene rings is 2. The van der Waals surface area contributed by atoms with Gasteiger partial charge in [0.2, 0.25) is 0 Å². The molecule has 0 spiro atoms. The van der Waals surface area contributed by atoms with Crippen molar-refractivity contribution in [1.82, 2.24) is 4.90 Å². The van der Waals surface area contributed by atoms with Crippen LogP contribution in [-0.2, 0) is 32.9 Å². The summed E-state index contributed by atoms with van der Waals surface area (Å²) in [5, 5.41) is 9.88. The van der Waals surface area contributed by atoms with Crippen molar-refractivity contribution in [2.75, 3.05) is 27.3 Å². The average molecular weight is 536 g/mol. The quantitative estimate of drug-likeness (QED) is 0.471. The number of carbonyl (C=O) groups is 1. The number of rotatable bonds is 8. The van der Waals surface area contributed by atoms with Gasteiger partial charge in [0.05, 0.1) is 13.7 Å². The van der Waals surface area contributed by atoms with Crippen LogP contribution in [-0.4, -0.2) is 55.6 Å². The topological polar surface area (TPSA) is 68.2 Å². The highest BCUT2D eigenvalue weighted by atomic mass is 19.4. The van der Waals surface area contributed by atoms with Crippen LogP contribution >= 0.6 is 0 Å². The van der Waals surface area contributed by atoms with Gasteiger partial charge in [-0.1, -0.05) is 44.2 Å². The van der Waals surface area contributed by atoms with Gasteiger partial charge in [-0.3, -0.25) is 4.90 Å². The van der Waals surface area contributed by atoms with E-state index in [1.807, 2.05) is 12.1 Å². The van der Waals surface area contributed by atoms with Gasteiger partial charge < -0.3 is 19.3 Å². The van der Waals surface area contributed by atoms with Crippen molar-refractivity contribution in [2.45, 2.75) is 63.6 Å². The van der Waals surface area contributed by atoms with E-state index in [1.165, 1.54) is 24.3 Å². The van der Waals surface area contributed by atoms with Crippen molar-refractivity contribution in [3.63, 3.8) is 0 Å². The van der Waals surface area contributed by atoms with E-state index in [2.05, 4.69) is 18.7 Å². The molecule has 1 fully saturated rings. The molecule has 2 aliphatic heterocycles. The summed E-state index contributed by atoms with van der Waals surface area (Å²) in [5.41, 5.74) is -0.845. The van der Waals surface area contributed by atoms with Crippen LogP contribution in [0.3, 0.4) is 0 Å². The summed E-state index contributed by atoms with van der Waals surface area (Å²) >= 11 is 0. The Hall–Kier alpha value is -2.62. The zero-order chi connectivity index (χ0) is 27.7. The van der Waals surface area contributed by atoms with Crippen molar-refractivity contribution < 1.29 is 37.3 Å². The van der Waals surface area contributed by atoms with Gasteiger partial charge in [-0.25, -0.2) is 4.79 Å². The monoisotopic (exact) mass is 535 g/mol. The number of esters is 1. The Balaban J connectivity index is 1.70. The Morgan fingerprint density at radius 3 is 2.45 bits per heavy atom. The maximum atomic E-state index is 14.5. The molecule has 0 amide bonds. The number of aliphatic hydroxyl groups excluding tert-OH is 1. The van der Waals surface area contributed by atoms with E-state index < -0.39 is 23.9 Å². The molecule has 4 rings (SSSR count). The van der Waals surface area contributed by atoms with Gasteiger partial charge in [0, 0.05) is 49.7 Å². The van der Waals surface area contributed by atoms with Gasteiger partial charge in [-0.05, 0) is 42.0 Å². The number of fused-ring (bicyclic) bond motifs is 3. The van der Waals surface area contributed by atoms with Crippen molar-refractivity contribution >= 4 is 5.97 Å². The number of hydrogen-bond donors (Lipinski definition) is 1. The minimum absolute atomic E-state index is 0.133. The first kappa shape index (κ1) is 28.4. The zero-order valence-corrected chi connectivity index (χ0v) is 22.3. The third-order valence-electron chi connectivity index (χ3n) is 7.84. The molecule has 2 aromatic carbocycles. The number of methoxy groups -OCH3 is 2. The molecule has 9 heteroatoms. The van der Waals surface area contributed by atoms with E-state index in [0.717, 1.165) is 31.2 Å². The Morgan fingerprint density at radius 1 is 1.16 bits per heavy atom. The second kappa shape index (κ2) is 11.2. The molecule has 208 valence electrons. The molecule has 1 saturated heterocycles. The zero-order valence-electron chi connectivity index (χ0n) is 22.3. The van der Waals surface area contributed by atoms with Crippen molar-refractivity contribution in [2.24, 2.45) is 11.8 Å². The second-order valence-corrected chi connectivity index (χ2v) is 10.6. The molecule has 0 unspecified atom stereocenters. The number of alkyl halides is 3. The fourth-order valence-electron chi connectivity index (χ4n) is 6.05. The first-order valence-corrected chi connectivity index (χ1v) is 13.0. The van der Waals surface area contributed by atoms with Gasteiger partial charge in [-0.15, -0.1) is 0 Å². The second-order valence-electron chi connectivity index (χ2n) is 10.6. The molecular formula is C29H36F3NO5. The molecule has 2 heterocycles.